The summed E-state index contributed by atoms with van der Waals surface area (Å²) in [5.41, 5.74) is 2.21. The van der Waals surface area contributed by atoms with Gasteiger partial charge in [-0.25, -0.2) is 0 Å². The number of amides is 1. The van der Waals surface area contributed by atoms with E-state index in [4.69, 9.17) is 10.00 Å². The lowest BCUT2D eigenvalue weighted by atomic mass is 10.1. The Kier molecular flexibility index (Phi) is 5.56. The summed E-state index contributed by atoms with van der Waals surface area (Å²) in [5.74, 6) is 0.684. The summed E-state index contributed by atoms with van der Waals surface area (Å²) in [5, 5.41) is 11.6. The first-order valence-corrected chi connectivity index (χ1v) is 7.54. The summed E-state index contributed by atoms with van der Waals surface area (Å²) in [4.78, 5) is 12.0. The summed E-state index contributed by atoms with van der Waals surface area (Å²) in [6.07, 6.45) is 1.00. The molecule has 0 aliphatic rings. The van der Waals surface area contributed by atoms with Crippen molar-refractivity contribution in [1.82, 2.24) is 0 Å². The van der Waals surface area contributed by atoms with Gasteiger partial charge < -0.3 is 10.1 Å². The van der Waals surface area contributed by atoms with E-state index in [9.17, 15) is 4.79 Å². The molecule has 5 heteroatoms. The van der Waals surface area contributed by atoms with Crippen LogP contribution < -0.4 is 10.1 Å². The van der Waals surface area contributed by atoms with Gasteiger partial charge in [0.05, 0.1) is 23.2 Å². The van der Waals surface area contributed by atoms with Crippen LogP contribution in [0.3, 0.4) is 0 Å². The van der Waals surface area contributed by atoms with Crippen LogP contribution in [0.25, 0.3) is 0 Å². The van der Waals surface area contributed by atoms with Crippen molar-refractivity contribution in [3.8, 4) is 11.8 Å². The van der Waals surface area contributed by atoms with E-state index in [-0.39, 0.29) is 5.91 Å². The maximum atomic E-state index is 12.0. The maximum Gasteiger partial charge on any atom is 0.224 e. The second-order valence-corrected chi connectivity index (χ2v) is 5.56. The monoisotopic (exact) mass is 358 g/mol. The number of hydrogen-bond donors (Lipinski definition) is 1. The van der Waals surface area contributed by atoms with E-state index in [2.05, 4.69) is 21.2 Å². The minimum atomic E-state index is -0.0815. The zero-order chi connectivity index (χ0) is 15.9. The molecule has 1 amide bonds. The van der Waals surface area contributed by atoms with Crippen LogP contribution in [0.4, 0.5) is 5.69 Å². The van der Waals surface area contributed by atoms with Crippen molar-refractivity contribution in [3.63, 3.8) is 0 Å². The molecule has 0 saturated carbocycles. The Morgan fingerprint density at radius 2 is 2.14 bits per heavy atom. The lowest BCUT2D eigenvalue weighted by molar-refractivity contribution is -0.116. The number of hydrogen-bond acceptors (Lipinski definition) is 3. The van der Waals surface area contributed by atoms with E-state index in [1.807, 2.05) is 24.3 Å². The number of aryl methyl sites for hydroxylation is 1. The van der Waals surface area contributed by atoms with E-state index < -0.39 is 0 Å². The van der Waals surface area contributed by atoms with Crippen molar-refractivity contribution in [2.24, 2.45) is 0 Å². The molecule has 0 aliphatic heterocycles. The third-order valence-corrected chi connectivity index (χ3v) is 3.75. The average Bonchev–Trinajstić information content (AvgIpc) is 2.53. The topological polar surface area (TPSA) is 62.1 Å². The lowest BCUT2D eigenvalue weighted by Crippen LogP contribution is -2.12. The Morgan fingerprint density at radius 3 is 2.82 bits per heavy atom. The highest BCUT2D eigenvalue weighted by Crippen LogP contribution is 2.26. The van der Waals surface area contributed by atoms with Crippen LogP contribution in [0.2, 0.25) is 0 Å². The molecule has 0 radical (unpaired) electrons. The third kappa shape index (κ3) is 4.34. The minimum Gasteiger partial charge on any atom is -0.496 e. The summed E-state index contributed by atoms with van der Waals surface area (Å²) >= 11 is 3.43. The largest absolute Gasteiger partial charge is 0.496 e. The number of halogens is 1. The first-order chi connectivity index (χ1) is 10.6. The summed E-state index contributed by atoms with van der Waals surface area (Å²) in [6.45, 7) is 0. The van der Waals surface area contributed by atoms with Crippen LogP contribution in [0.1, 0.15) is 17.5 Å². The molecule has 0 heterocycles. The maximum absolute atomic E-state index is 12.0. The molecule has 0 spiro atoms. The zero-order valence-electron chi connectivity index (χ0n) is 12.1. The number of rotatable bonds is 5. The highest BCUT2D eigenvalue weighted by Gasteiger charge is 2.06. The van der Waals surface area contributed by atoms with Gasteiger partial charge in [0.15, 0.2) is 0 Å². The summed E-state index contributed by atoms with van der Waals surface area (Å²) in [7, 11) is 1.61. The number of benzene rings is 2. The van der Waals surface area contributed by atoms with Gasteiger partial charge >= 0.3 is 0 Å². The molecule has 0 saturated heterocycles. The first-order valence-electron chi connectivity index (χ1n) is 6.75. The van der Waals surface area contributed by atoms with E-state index >= 15 is 0 Å². The van der Waals surface area contributed by atoms with E-state index in [1.165, 1.54) is 0 Å². The molecule has 0 atom stereocenters. The Hall–Kier alpha value is -2.32. The molecular weight excluding hydrogens is 344 g/mol. The second-order valence-electron chi connectivity index (χ2n) is 4.71. The van der Waals surface area contributed by atoms with Gasteiger partial charge in [0, 0.05) is 12.1 Å². The minimum absolute atomic E-state index is 0.0815. The molecule has 0 aromatic heterocycles. The average molecular weight is 359 g/mol. The third-order valence-electron chi connectivity index (χ3n) is 3.13. The molecule has 22 heavy (non-hydrogen) atoms. The molecule has 0 aliphatic carbocycles. The molecule has 0 bridgehead atoms. The Bertz CT molecular complexity index is 723. The van der Waals surface area contributed by atoms with Crippen molar-refractivity contribution in [1.29, 1.82) is 5.26 Å². The predicted molar refractivity (Wildman–Crippen MR) is 88.8 cm³/mol. The Morgan fingerprint density at radius 1 is 1.32 bits per heavy atom. The normalized spacial score (nSPS) is 9.86. The van der Waals surface area contributed by atoms with Gasteiger partial charge in [-0.15, -0.1) is 0 Å². The smallest absolute Gasteiger partial charge is 0.224 e. The number of methoxy groups -OCH3 is 1. The quantitative estimate of drug-likeness (QED) is 0.881. The van der Waals surface area contributed by atoms with E-state index in [0.29, 0.717) is 24.1 Å². The number of anilines is 1. The van der Waals surface area contributed by atoms with Gasteiger partial charge in [-0.1, -0.05) is 12.1 Å². The lowest BCUT2D eigenvalue weighted by Gasteiger charge is -2.07. The Balaban J connectivity index is 1.92. The molecule has 2 rings (SSSR count). The number of carbonyl (C=O) groups excluding carboxylic acids is 1. The van der Waals surface area contributed by atoms with Crippen molar-refractivity contribution < 1.29 is 9.53 Å². The van der Waals surface area contributed by atoms with Crippen LogP contribution in [-0.4, -0.2) is 13.0 Å². The molecule has 0 unspecified atom stereocenters. The van der Waals surface area contributed by atoms with E-state index in [1.54, 1.807) is 31.4 Å². The number of carbonyl (C=O) groups is 1. The molecule has 4 nitrogen and oxygen atoms in total. The molecule has 2 aromatic rings. The van der Waals surface area contributed by atoms with Crippen LogP contribution in [0, 0.1) is 11.3 Å². The fraction of sp³-hybridized carbons (Fsp3) is 0.176. The van der Waals surface area contributed by atoms with Crippen LogP contribution >= 0.6 is 15.9 Å². The van der Waals surface area contributed by atoms with Gasteiger partial charge in [0.1, 0.15) is 5.75 Å². The fourth-order valence-corrected chi connectivity index (χ4v) is 2.60. The van der Waals surface area contributed by atoms with Crippen molar-refractivity contribution >= 4 is 27.5 Å². The Labute approximate surface area is 137 Å². The fourth-order valence-electron chi connectivity index (χ4n) is 2.01. The number of nitrogens with zero attached hydrogens (tertiary/aromatic N) is 1. The zero-order valence-corrected chi connectivity index (χ0v) is 13.7. The summed E-state index contributed by atoms with van der Waals surface area (Å²) < 4.78 is 6.04. The second kappa shape index (κ2) is 7.62. The SMILES string of the molecule is COc1ccc(CCC(=O)Nc2cccc(C#N)c2)cc1Br. The number of nitriles is 1. The first kappa shape index (κ1) is 16.1. The van der Waals surface area contributed by atoms with E-state index in [0.717, 1.165) is 15.8 Å². The van der Waals surface area contributed by atoms with Crippen LogP contribution in [0.5, 0.6) is 5.75 Å². The molecule has 0 fully saturated rings. The predicted octanol–water partition coefficient (Wildman–Crippen LogP) is 3.90. The van der Waals surface area contributed by atoms with Gasteiger partial charge in [-0.05, 0) is 58.2 Å². The standard InChI is InChI=1S/C17H15BrN2O2/c1-22-16-7-5-12(10-15(16)18)6-8-17(21)20-14-4-2-3-13(9-14)11-19/h2-5,7,9-10H,6,8H2,1H3,(H,20,21). The molecular formula is C17H15BrN2O2. The van der Waals surface area contributed by atoms with Gasteiger partial charge in [-0.3, -0.25) is 4.79 Å². The number of ether oxygens (including phenoxy) is 1. The highest BCUT2D eigenvalue weighted by molar-refractivity contribution is 9.10. The molecule has 112 valence electrons. The number of nitrogens with one attached hydrogen (secondary N) is 1. The van der Waals surface area contributed by atoms with Crippen LogP contribution in [0.15, 0.2) is 46.9 Å². The van der Waals surface area contributed by atoms with Gasteiger partial charge in [-0.2, -0.15) is 5.26 Å². The molecule has 1 N–H and O–H groups in total. The van der Waals surface area contributed by atoms with Crippen LogP contribution in [-0.2, 0) is 11.2 Å². The van der Waals surface area contributed by atoms with Gasteiger partial charge in [0.2, 0.25) is 5.91 Å². The van der Waals surface area contributed by atoms with Crippen molar-refractivity contribution in [2.75, 3.05) is 12.4 Å². The highest BCUT2D eigenvalue weighted by atomic mass is 79.9. The van der Waals surface area contributed by atoms with Crippen molar-refractivity contribution in [2.45, 2.75) is 12.8 Å². The summed E-state index contributed by atoms with van der Waals surface area (Å²) in [6, 6.07) is 14.7. The van der Waals surface area contributed by atoms with Gasteiger partial charge in [0.25, 0.3) is 0 Å². The van der Waals surface area contributed by atoms with Crippen molar-refractivity contribution in [3.05, 3.63) is 58.1 Å². The molecule has 2 aromatic carbocycles.